The summed E-state index contributed by atoms with van der Waals surface area (Å²) in [6.45, 7) is 12.3. The van der Waals surface area contributed by atoms with Gasteiger partial charge in [-0.2, -0.15) is 0 Å². The number of nitrogens with zero attached hydrogens (tertiary/aromatic N) is 1. The van der Waals surface area contributed by atoms with Gasteiger partial charge in [0.05, 0.1) is 0 Å². The summed E-state index contributed by atoms with van der Waals surface area (Å²) in [5.74, 6) is 0. The molecule has 1 N–H and O–H groups in total. The predicted molar refractivity (Wildman–Crippen MR) is 80.1 cm³/mol. The molecule has 0 spiro atoms. The van der Waals surface area contributed by atoms with Crippen LogP contribution in [-0.4, -0.2) is 37.6 Å². The lowest BCUT2D eigenvalue weighted by Crippen LogP contribution is -2.47. The van der Waals surface area contributed by atoms with Gasteiger partial charge in [0.2, 0.25) is 0 Å². The van der Waals surface area contributed by atoms with Crippen molar-refractivity contribution < 1.29 is 0 Å². The van der Waals surface area contributed by atoms with Crippen LogP contribution in [0.5, 0.6) is 0 Å². The van der Waals surface area contributed by atoms with E-state index in [2.05, 4.69) is 68.2 Å². The lowest BCUT2D eigenvalue weighted by Gasteiger charge is -2.37. The normalized spacial score (nSPS) is 15.1. The van der Waals surface area contributed by atoms with Gasteiger partial charge in [-0.25, -0.2) is 0 Å². The Bertz CT molecular complexity index is 334. The molecule has 2 nitrogen and oxygen atoms in total. The third kappa shape index (κ3) is 3.82. The molecule has 0 saturated carbocycles. The summed E-state index contributed by atoms with van der Waals surface area (Å²) >= 11 is 0. The fourth-order valence-corrected chi connectivity index (χ4v) is 2.59. The second kappa shape index (κ2) is 6.91. The van der Waals surface area contributed by atoms with E-state index in [0.717, 1.165) is 19.6 Å². The van der Waals surface area contributed by atoms with Crippen molar-refractivity contribution in [1.82, 2.24) is 10.2 Å². The summed E-state index contributed by atoms with van der Waals surface area (Å²) in [5.41, 5.74) is 1.58. The maximum Gasteiger partial charge on any atom is 0.0177 e. The van der Waals surface area contributed by atoms with Gasteiger partial charge in [0.15, 0.2) is 0 Å². The molecular weight excluding hydrogens is 220 g/mol. The van der Waals surface area contributed by atoms with Gasteiger partial charge >= 0.3 is 0 Å². The monoisotopic (exact) mass is 248 g/mol. The minimum atomic E-state index is 0.163. The average Bonchev–Trinajstić information content (AvgIpc) is 2.37. The fraction of sp³-hybridized carbons (Fsp3) is 0.625. The summed E-state index contributed by atoms with van der Waals surface area (Å²) in [6.07, 6.45) is 0. The van der Waals surface area contributed by atoms with Crippen LogP contribution in [0.25, 0.3) is 0 Å². The Morgan fingerprint density at radius 2 is 1.83 bits per heavy atom. The van der Waals surface area contributed by atoms with E-state index in [9.17, 15) is 0 Å². The Kier molecular flexibility index (Phi) is 5.83. The quantitative estimate of drug-likeness (QED) is 0.798. The van der Waals surface area contributed by atoms with Crippen LogP contribution >= 0.6 is 0 Å². The van der Waals surface area contributed by atoms with Crippen molar-refractivity contribution in [3.05, 3.63) is 35.9 Å². The molecule has 1 aromatic carbocycles. The maximum atomic E-state index is 3.35. The highest BCUT2D eigenvalue weighted by Gasteiger charge is 2.28. The number of nitrogens with one attached hydrogen (secondary N) is 1. The smallest absolute Gasteiger partial charge is 0.0177 e. The van der Waals surface area contributed by atoms with Crippen molar-refractivity contribution >= 4 is 0 Å². The Morgan fingerprint density at radius 1 is 1.22 bits per heavy atom. The summed E-state index contributed by atoms with van der Waals surface area (Å²) in [4.78, 5) is 2.53. The Morgan fingerprint density at radius 3 is 2.28 bits per heavy atom. The van der Waals surface area contributed by atoms with Gasteiger partial charge in [0.1, 0.15) is 0 Å². The SMILES string of the molecule is CCN(CC(C)(CNC)c1ccccc1)C(C)C. The van der Waals surface area contributed by atoms with E-state index in [1.807, 2.05) is 7.05 Å². The number of hydrogen-bond acceptors (Lipinski definition) is 2. The van der Waals surface area contributed by atoms with Gasteiger partial charge in [-0.3, -0.25) is 0 Å². The Hall–Kier alpha value is -0.860. The van der Waals surface area contributed by atoms with E-state index in [1.54, 1.807) is 0 Å². The molecule has 0 bridgehead atoms. The molecule has 1 aromatic rings. The fourth-order valence-electron chi connectivity index (χ4n) is 2.59. The first kappa shape index (κ1) is 15.2. The van der Waals surface area contributed by atoms with Crippen LogP contribution in [-0.2, 0) is 5.41 Å². The summed E-state index contributed by atoms with van der Waals surface area (Å²) in [6, 6.07) is 11.4. The summed E-state index contributed by atoms with van der Waals surface area (Å²) in [5, 5.41) is 3.35. The van der Waals surface area contributed by atoms with Gasteiger partial charge in [-0.15, -0.1) is 0 Å². The van der Waals surface area contributed by atoms with Gasteiger partial charge < -0.3 is 10.2 Å². The zero-order valence-electron chi connectivity index (χ0n) is 12.5. The van der Waals surface area contributed by atoms with Crippen molar-refractivity contribution in [1.29, 1.82) is 0 Å². The van der Waals surface area contributed by atoms with E-state index in [4.69, 9.17) is 0 Å². The summed E-state index contributed by atoms with van der Waals surface area (Å²) < 4.78 is 0. The highest BCUT2D eigenvalue weighted by atomic mass is 15.1. The molecule has 1 rings (SSSR count). The molecule has 1 unspecified atom stereocenters. The van der Waals surface area contributed by atoms with E-state index in [0.29, 0.717) is 6.04 Å². The van der Waals surface area contributed by atoms with E-state index >= 15 is 0 Å². The lowest BCUT2D eigenvalue weighted by atomic mass is 9.81. The molecule has 0 radical (unpaired) electrons. The van der Waals surface area contributed by atoms with Crippen LogP contribution in [0.3, 0.4) is 0 Å². The van der Waals surface area contributed by atoms with Gasteiger partial charge in [0, 0.05) is 24.5 Å². The van der Waals surface area contributed by atoms with Crippen molar-refractivity contribution in [3.63, 3.8) is 0 Å². The first-order chi connectivity index (χ1) is 8.53. The number of rotatable bonds is 7. The zero-order valence-corrected chi connectivity index (χ0v) is 12.5. The largest absolute Gasteiger partial charge is 0.319 e. The van der Waals surface area contributed by atoms with E-state index in [1.165, 1.54) is 5.56 Å². The van der Waals surface area contributed by atoms with Crippen molar-refractivity contribution in [2.45, 2.75) is 39.2 Å². The van der Waals surface area contributed by atoms with Crippen molar-refractivity contribution in [2.24, 2.45) is 0 Å². The third-order valence-corrected chi connectivity index (χ3v) is 3.73. The number of benzene rings is 1. The molecule has 18 heavy (non-hydrogen) atoms. The topological polar surface area (TPSA) is 15.3 Å². The molecule has 0 heterocycles. The van der Waals surface area contributed by atoms with Gasteiger partial charge in [-0.05, 0) is 33.0 Å². The predicted octanol–water partition coefficient (Wildman–Crippen LogP) is 2.89. The molecule has 102 valence electrons. The van der Waals surface area contributed by atoms with Crippen molar-refractivity contribution in [2.75, 3.05) is 26.7 Å². The van der Waals surface area contributed by atoms with E-state index < -0.39 is 0 Å². The second-order valence-electron chi connectivity index (χ2n) is 5.61. The Balaban J connectivity index is 2.93. The van der Waals surface area contributed by atoms with Crippen LogP contribution < -0.4 is 5.32 Å². The van der Waals surface area contributed by atoms with E-state index in [-0.39, 0.29) is 5.41 Å². The van der Waals surface area contributed by atoms with Crippen molar-refractivity contribution in [3.8, 4) is 0 Å². The second-order valence-corrected chi connectivity index (χ2v) is 5.61. The minimum absolute atomic E-state index is 0.163. The molecule has 0 amide bonds. The molecule has 0 saturated heterocycles. The van der Waals surface area contributed by atoms with Crippen LogP contribution in [0.15, 0.2) is 30.3 Å². The molecule has 0 fully saturated rings. The zero-order chi connectivity index (χ0) is 13.6. The highest BCUT2D eigenvalue weighted by molar-refractivity contribution is 5.25. The summed E-state index contributed by atoms with van der Waals surface area (Å²) in [7, 11) is 2.03. The number of hydrogen-bond donors (Lipinski definition) is 1. The molecule has 2 heteroatoms. The van der Waals surface area contributed by atoms with Gasteiger partial charge in [0.25, 0.3) is 0 Å². The molecule has 0 aliphatic rings. The minimum Gasteiger partial charge on any atom is -0.319 e. The van der Waals surface area contributed by atoms with Gasteiger partial charge in [-0.1, -0.05) is 44.2 Å². The van der Waals surface area contributed by atoms with Crippen LogP contribution in [0, 0.1) is 0 Å². The number of likely N-dealkylation sites (N-methyl/N-ethyl adjacent to an activating group) is 2. The highest BCUT2D eigenvalue weighted by Crippen LogP contribution is 2.25. The molecule has 1 atom stereocenters. The van der Waals surface area contributed by atoms with Crippen LogP contribution in [0.1, 0.15) is 33.3 Å². The first-order valence-electron chi connectivity index (χ1n) is 6.97. The molecule has 0 aliphatic heterocycles. The van der Waals surface area contributed by atoms with Crippen LogP contribution in [0.2, 0.25) is 0 Å². The molecule has 0 aromatic heterocycles. The first-order valence-corrected chi connectivity index (χ1v) is 6.97. The average molecular weight is 248 g/mol. The Labute approximate surface area is 112 Å². The third-order valence-electron chi connectivity index (χ3n) is 3.73. The lowest BCUT2D eigenvalue weighted by molar-refractivity contribution is 0.182. The standard InChI is InChI=1S/C16H28N2/c1-6-18(14(2)3)13-16(4,12-17-5)15-10-8-7-9-11-15/h7-11,14,17H,6,12-13H2,1-5H3. The maximum absolute atomic E-state index is 3.35. The molecular formula is C16H28N2. The van der Waals surface area contributed by atoms with Crippen LogP contribution in [0.4, 0.5) is 0 Å². The molecule has 0 aliphatic carbocycles.